The first-order chi connectivity index (χ1) is 6.33. The fourth-order valence-electron chi connectivity index (χ4n) is 2.28. The molecule has 0 saturated carbocycles. The van der Waals surface area contributed by atoms with Gasteiger partial charge >= 0.3 is 6.09 Å². The molecule has 0 aliphatic carbocycles. The van der Waals surface area contributed by atoms with E-state index in [0.29, 0.717) is 18.6 Å². The third kappa shape index (κ3) is 1.50. The topological polar surface area (TPSA) is 41.6 Å². The molecule has 2 unspecified atom stereocenters. The fourth-order valence-corrected chi connectivity index (χ4v) is 2.28. The van der Waals surface area contributed by atoms with E-state index in [-0.39, 0.29) is 6.09 Å². The largest absolute Gasteiger partial charge is 0.450 e. The summed E-state index contributed by atoms with van der Waals surface area (Å²) >= 11 is 0. The second kappa shape index (κ2) is 3.54. The highest BCUT2D eigenvalue weighted by Crippen LogP contribution is 2.27. The van der Waals surface area contributed by atoms with E-state index >= 15 is 0 Å². The molecule has 74 valence electrons. The van der Waals surface area contributed by atoms with Crippen molar-refractivity contribution in [2.75, 3.05) is 26.2 Å². The molecule has 13 heavy (non-hydrogen) atoms. The van der Waals surface area contributed by atoms with Crippen LogP contribution in [-0.4, -0.2) is 43.3 Å². The average Bonchev–Trinajstić information content (AvgIpc) is 2.62. The zero-order chi connectivity index (χ0) is 9.26. The van der Waals surface area contributed by atoms with Gasteiger partial charge in [-0.2, -0.15) is 0 Å². The van der Waals surface area contributed by atoms with Gasteiger partial charge in [-0.05, 0) is 19.3 Å². The van der Waals surface area contributed by atoms with Gasteiger partial charge < -0.3 is 15.0 Å². The van der Waals surface area contributed by atoms with Crippen LogP contribution >= 0.6 is 0 Å². The smallest absolute Gasteiger partial charge is 0.410 e. The normalized spacial score (nSPS) is 31.9. The zero-order valence-electron chi connectivity index (χ0n) is 7.95. The van der Waals surface area contributed by atoms with Gasteiger partial charge in [0.1, 0.15) is 0 Å². The fraction of sp³-hybridized carbons (Fsp3) is 0.889. The van der Waals surface area contributed by atoms with Gasteiger partial charge in [0.2, 0.25) is 0 Å². The predicted octanol–water partition coefficient (Wildman–Crippen LogP) is 0.437. The van der Waals surface area contributed by atoms with Crippen molar-refractivity contribution in [2.45, 2.75) is 19.4 Å². The molecule has 0 aromatic rings. The minimum Gasteiger partial charge on any atom is -0.450 e. The Kier molecular flexibility index (Phi) is 2.40. The Labute approximate surface area is 78.2 Å². The summed E-state index contributed by atoms with van der Waals surface area (Å²) in [5.41, 5.74) is 0. The van der Waals surface area contributed by atoms with Crippen LogP contribution in [0, 0.1) is 5.92 Å². The summed E-state index contributed by atoms with van der Waals surface area (Å²) in [7, 11) is 0. The maximum absolute atomic E-state index is 11.5. The van der Waals surface area contributed by atoms with Crippen LogP contribution in [0.4, 0.5) is 4.79 Å². The van der Waals surface area contributed by atoms with Crippen molar-refractivity contribution in [2.24, 2.45) is 5.92 Å². The number of carbonyl (C=O) groups is 1. The Morgan fingerprint density at radius 3 is 3.23 bits per heavy atom. The van der Waals surface area contributed by atoms with Crippen molar-refractivity contribution in [1.29, 1.82) is 0 Å². The van der Waals surface area contributed by atoms with Crippen molar-refractivity contribution < 1.29 is 9.53 Å². The molecule has 4 nitrogen and oxygen atoms in total. The molecule has 0 aromatic carbocycles. The number of nitrogens with one attached hydrogen (secondary N) is 1. The summed E-state index contributed by atoms with van der Waals surface area (Å²) in [6.07, 6.45) is 0.981. The summed E-state index contributed by atoms with van der Waals surface area (Å²) in [6.45, 7) is 5.18. The molecule has 2 heterocycles. The minimum absolute atomic E-state index is 0.140. The summed E-state index contributed by atoms with van der Waals surface area (Å²) in [5, 5.41) is 3.30. The number of ether oxygens (including phenoxy) is 1. The predicted molar refractivity (Wildman–Crippen MR) is 48.5 cm³/mol. The van der Waals surface area contributed by atoms with Crippen LogP contribution in [0.5, 0.6) is 0 Å². The summed E-state index contributed by atoms with van der Waals surface area (Å²) in [5.74, 6) is 0.657. The Bertz CT molecular complexity index is 208. The maximum atomic E-state index is 11.5. The van der Waals surface area contributed by atoms with E-state index in [2.05, 4.69) is 5.32 Å². The zero-order valence-corrected chi connectivity index (χ0v) is 7.95. The summed E-state index contributed by atoms with van der Waals surface area (Å²) in [4.78, 5) is 13.3. The lowest BCUT2D eigenvalue weighted by Gasteiger charge is -2.22. The van der Waals surface area contributed by atoms with Crippen molar-refractivity contribution in [3.05, 3.63) is 0 Å². The van der Waals surface area contributed by atoms with E-state index < -0.39 is 0 Å². The standard InChI is InChI=1S/C9H16N2O2/c1-2-13-9(12)11-4-3-7-5-10-6-8(7)11/h7-8,10H,2-6H2,1H3. The molecule has 4 heteroatoms. The molecule has 2 aliphatic rings. The molecule has 2 saturated heterocycles. The molecule has 1 amide bonds. The third-order valence-corrected chi connectivity index (χ3v) is 2.95. The highest BCUT2D eigenvalue weighted by Gasteiger charge is 2.40. The van der Waals surface area contributed by atoms with Crippen molar-refractivity contribution in [3.8, 4) is 0 Å². The summed E-state index contributed by atoms with van der Waals surface area (Å²) < 4.78 is 4.99. The lowest BCUT2D eigenvalue weighted by molar-refractivity contribution is 0.103. The van der Waals surface area contributed by atoms with Crippen molar-refractivity contribution in [3.63, 3.8) is 0 Å². The lowest BCUT2D eigenvalue weighted by atomic mass is 10.1. The molecule has 0 spiro atoms. The van der Waals surface area contributed by atoms with Crippen LogP contribution in [-0.2, 0) is 4.74 Å². The van der Waals surface area contributed by atoms with Gasteiger partial charge in [-0.25, -0.2) is 4.79 Å². The van der Waals surface area contributed by atoms with Crippen LogP contribution in [0.25, 0.3) is 0 Å². The number of hydrogen-bond acceptors (Lipinski definition) is 3. The van der Waals surface area contributed by atoms with Crippen molar-refractivity contribution >= 4 is 6.09 Å². The van der Waals surface area contributed by atoms with Crippen molar-refractivity contribution in [1.82, 2.24) is 10.2 Å². The second-order valence-electron chi connectivity index (χ2n) is 3.67. The van der Waals surface area contributed by atoms with E-state index in [9.17, 15) is 4.79 Å². The number of carbonyl (C=O) groups excluding carboxylic acids is 1. The third-order valence-electron chi connectivity index (χ3n) is 2.95. The second-order valence-corrected chi connectivity index (χ2v) is 3.67. The van der Waals surface area contributed by atoms with Crippen LogP contribution in [0.1, 0.15) is 13.3 Å². The van der Waals surface area contributed by atoms with Gasteiger partial charge in [-0.15, -0.1) is 0 Å². The maximum Gasteiger partial charge on any atom is 0.410 e. The van der Waals surface area contributed by atoms with Gasteiger partial charge in [-0.1, -0.05) is 0 Å². The molecular weight excluding hydrogens is 168 g/mol. The number of hydrogen-bond donors (Lipinski definition) is 1. The molecule has 2 fully saturated rings. The van der Waals surface area contributed by atoms with E-state index in [4.69, 9.17) is 4.74 Å². The van der Waals surface area contributed by atoms with E-state index in [0.717, 1.165) is 26.1 Å². The van der Waals surface area contributed by atoms with Crippen LogP contribution in [0.2, 0.25) is 0 Å². The number of amides is 1. The van der Waals surface area contributed by atoms with Gasteiger partial charge in [-0.3, -0.25) is 0 Å². The first-order valence-electron chi connectivity index (χ1n) is 4.97. The molecule has 0 aromatic heterocycles. The monoisotopic (exact) mass is 184 g/mol. The van der Waals surface area contributed by atoms with Crippen LogP contribution < -0.4 is 5.32 Å². The van der Waals surface area contributed by atoms with Crippen LogP contribution in [0.3, 0.4) is 0 Å². The number of rotatable bonds is 1. The number of likely N-dealkylation sites (tertiary alicyclic amines) is 1. The van der Waals surface area contributed by atoms with E-state index in [1.54, 1.807) is 0 Å². The summed E-state index contributed by atoms with van der Waals surface area (Å²) in [6, 6.07) is 0.388. The number of nitrogens with zero attached hydrogens (tertiary/aromatic N) is 1. The van der Waals surface area contributed by atoms with Gasteiger partial charge in [0, 0.05) is 19.6 Å². The highest BCUT2D eigenvalue weighted by molar-refractivity contribution is 5.68. The first kappa shape index (κ1) is 8.81. The van der Waals surface area contributed by atoms with Gasteiger partial charge in [0.05, 0.1) is 12.6 Å². The Hall–Kier alpha value is -0.770. The highest BCUT2D eigenvalue weighted by atomic mass is 16.6. The van der Waals surface area contributed by atoms with Gasteiger partial charge in [0.15, 0.2) is 0 Å². The molecule has 2 aliphatic heterocycles. The van der Waals surface area contributed by atoms with E-state index in [1.165, 1.54) is 0 Å². The Balaban J connectivity index is 1.96. The SMILES string of the molecule is CCOC(=O)N1CCC2CNCC21. The minimum atomic E-state index is -0.140. The molecule has 0 bridgehead atoms. The Morgan fingerprint density at radius 2 is 2.46 bits per heavy atom. The molecule has 1 N–H and O–H groups in total. The molecular formula is C9H16N2O2. The molecule has 2 rings (SSSR count). The first-order valence-corrected chi connectivity index (χ1v) is 4.97. The van der Waals surface area contributed by atoms with Crippen LogP contribution in [0.15, 0.2) is 0 Å². The average molecular weight is 184 g/mol. The van der Waals surface area contributed by atoms with Gasteiger partial charge in [0.25, 0.3) is 0 Å². The molecule has 0 radical (unpaired) electrons. The number of fused-ring (bicyclic) bond motifs is 1. The quantitative estimate of drug-likeness (QED) is 0.643. The Morgan fingerprint density at radius 1 is 1.62 bits per heavy atom. The molecule has 2 atom stereocenters. The van der Waals surface area contributed by atoms with E-state index in [1.807, 2.05) is 11.8 Å². The lowest BCUT2D eigenvalue weighted by Crippen LogP contribution is -2.39.